The van der Waals surface area contributed by atoms with E-state index < -0.39 is 6.43 Å². The van der Waals surface area contributed by atoms with Gasteiger partial charge < -0.3 is 5.73 Å². The number of hydrogen-bond acceptors (Lipinski definition) is 5. The van der Waals surface area contributed by atoms with Crippen LogP contribution >= 0.6 is 0 Å². The minimum Gasteiger partial charge on any atom is -0.368 e. The second-order valence-electron chi connectivity index (χ2n) is 6.49. The second kappa shape index (κ2) is 7.27. The monoisotopic (exact) mass is 357 g/mol. The fourth-order valence-corrected chi connectivity index (χ4v) is 2.92. The molecule has 1 atom stereocenters. The van der Waals surface area contributed by atoms with Crippen LogP contribution in [0.3, 0.4) is 0 Å². The van der Waals surface area contributed by atoms with Crippen LogP contribution in [0, 0.1) is 12.8 Å². The standard InChI is InChI=1S/C19H21F2N5/c1-10(8-18(20)21)11(2)24-15-6-7-16(25-12(15)3)13-4-5-17-14(13)9-23-19(22)26-17/h4,6-7,9-10,18H,5,8H2,1-3H3,(H2,22,23,26). The first-order valence-corrected chi connectivity index (χ1v) is 8.48. The van der Waals surface area contributed by atoms with Gasteiger partial charge in [-0.2, -0.15) is 0 Å². The number of aliphatic imine (C=N–C) groups is 1. The summed E-state index contributed by atoms with van der Waals surface area (Å²) in [7, 11) is 0. The molecule has 0 aromatic carbocycles. The fraction of sp³-hybridized carbons (Fsp3) is 0.368. The highest BCUT2D eigenvalue weighted by molar-refractivity contribution is 5.87. The summed E-state index contributed by atoms with van der Waals surface area (Å²) < 4.78 is 25.1. The molecule has 26 heavy (non-hydrogen) atoms. The minimum atomic E-state index is -2.33. The van der Waals surface area contributed by atoms with Gasteiger partial charge >= 0.3 is 0 Å². The molecule has 2 aromatic heterocycles. The lowest BCUT2D eigenvalue weighted by atomic mass is 10.0. The Morgan fingerprint density at radius 2 is 2.08 bits per heavy atom. The van der Waals surface area contributed by atoms with Crippen molar-refractivity contribution in [1.29, 1.82) is 0 Å². The molecule has 2 heterocycles. The van der Waals surface area contributed by atoms with Crippen molar-refractivity contribution in [3.8, 4) is 0 Å². The van der Waals surface area contributed by atoms with Crippen LogP contribution in [0.4, 0.5) is 20.4 Å². The first-order valence-electron chi connectivity index (χ1n) is 8.48. The zero-order chi connectivity index (χ0) is 18.8. The number of nitrogens with zero attached hydrogens (tertiary/aromatic N) is 4. The summed E-state index contributed by atoms with van der Waals surface area (Å²) in [5.41, 5.74) is 11.4. The van der Waals surface area contributed by atoms with Crippen LogP contribution in [0.2, 0.25) is 0 Å². The Bertz CT molecular complexity index is 889. The molecule has 3 rings (SSSR count). The van der Waals surface area contributed by atoms with E-state index in [1.807, 2.05) is 19.1 Å². The average Bonchev–Trinajstić information content (AvgIpc) is 2.98. The van der Waals surface area contributed by atoms with Gasteiger partial charge in [-0.15, -0.1) is 0 Å². The predicted octanol–water partition coefficient (Wildman–Crippen LogP) is 4.13. The number of pyridine rings is 1. The number of aryl methyl sites for hydroxylation is 1. The fourth-order valence-electron chi connectivity index (χ4n) is 2.92. The van der Waals surface area contributed by atoms with Gasteiger partial charge in [0, 0.05) is 35.9 Å². The molecule has 0 bridgehead atoms. The quantitative estimate of drug-likeness (QED) is 0.816. The van der Waals surface area contributed by atoms with E-state index in [4.69, 9.17) is 5.73 Å². The van der Waals surface area contributed by atoms with E-state index in [9.17, 15) is 8.78 Å². The first-order chi connectivity index (χ1) is 12.3. The Labute approximate surface area is 151 Å². The zero-order valence-electron chi connectivity index (χ0n) is 15.0. The second-order valence-corrected chi connectivity index (χ2v) is 6.49. The lowest BCUT2D eigenvalue weighted by molar-refractivity contribution is 0.128. The zero-order valence-corrected chi connectivity index (χ0v) is 15.0. The molecule has 1 unspecified atom stereocenters. The number of rotatable bonds is 5. The Hall–Kier alpha value is -2.70. The number of alkyl halides is 2. The summed E-state index contributed by atoms with van der Waals surface area (Å²) in [4.78, 5) is 17.5. The van der Waals surface area contributed by atoms with E-state index in [0.29, 0.717) is 17.8 Å². The molecular formula is C19H21F2N5. The van der Waals surface area contributed by atoms with Crippen molar-refractivity contribution in [3.63, 3.8) is 0 Å². The van der Waals surface area contributed by atoms with Crippen LogP contribution in [0.5, 0.6) is 0 Å². The van der Waals surface area contributed by atoms with Gasteiger partial charge in [0.25, 0.3) is 0 Å². The normalized spacial score (nSPS) is 15.2. The van der Waals surface area contributed by atoms with Gasteiger partial charge in [0.1, 0.15) is 0 Å². The number of hydrogen-bond donors (Lipinski definition) is 1. The maximum absolute atomic E-state index is 12.5. The van der Waals surface area contributed by atoms with Crippen LogP contribution in [-0.2, 0) is 6.42 Å². The summed E-state index contributed by atoms with van der Waals surface area (Å²) in [6.07, 6.45) is 1.95. The van der Waals surface area contributed by atoms with Crippen molar-refractivity contribution in [2.45, 2.75) is 40.0 Å². The number of aromatic nitrogens is 3. The Balaban J connectivity index is 1.86. The molecule has 0 fully saturated rings. The van der Waals surface area contributed by atoms with E-state index in [1.54, 1.807) is 20.0 Å². The number of allylic oxidation sites excluding steroid dienone is 1. The van der Waals surface area contributed by atoms with Crippen LogP contribution in [0.15, 0.2) is 29.4 Å². The third kappa shape index (κ3) is 3.76. The molecule has 0 aliphatic heterocycles. The largest absolute Gasteiger partial charge is 0.368 e. The van der Waals surface area contributed by atoms with E-state index in [0.717, 1.165) is 28.2 Å². The Morgan fingerprint density at radius 1 is 1.31 bits per heavy atom. The summed E-state index contributed by atoms with van der Waals surface area (Å²) in [6, 6.07) is 3.75. The van der Waals surface area contributed by atoms with Crippen LogP contribution < -0.4 is 5.73 Å². The van der Waals surface area contributed by atoms with E-state index >= 15 is 0 Å². The lowest BCUT2D eigenvalue weighted by Crippen LogP contribution is -2.11. The van der Waals surface area contributed by atoms with Gasteiger partial charge in [-0.05, 0) is 31.9 Å². The molecule has 2 N–H and O–H groups in total. The van der Waals surface area contributed by atoms with E-state index in [2.05, 4.69) is 26.0 Å². The molecule has 1 aliphatic rings. The van der Waals surface area contributed by atoms with Gasteiger partial charge in [-0.3, -0.25) is 9.98 Å². The third-order valence-corrected chi connectivity index (χ3v) is 4.55. The highest BCUT2D eigenvalue weighted by Crippen LogP contribution is 2.32. The molecule has 2 aromatic rings. The Kier molecular flexibility index (Phi) is 5.06. The molecular weight excluding hydrogens is 336 g/mol. The SMILES string of the molecule is CC(=Nc1ccc(C2=CCc3nc(N)ncc32)nc1C)C(C)CC(F)F. The van der Waals surface area contributed by atoms with Gasteiger partial charge in [0.2, 0.25) is 12.4 Å². The maximum atomic E-state index is 12.5. The van der Waals surface area contributed by atoms with Crippen molar-refractivity contribution in [2.75, 3.05) is 5.73 Å². The van der Waals surface area contributed by atoms with Crippen molar-refractivity contribution in [2.24, 2.45) is 10.9 Å². The Morgan fingerprint density at radius 3 is 2.77 bits per heavy atom. The van der Waals surface area contributed by atoms with Gasteiger partial charge in [-0.1, -0.05) is 13.0 Å². The molecule has 0 amide bonds. The van der Waals surface area contributed by atoms with E-state index in [-0.39, 0.29) is 18.3 Å². The number of fused-ring (bicyclic) bond motifs is 1. The minimum absolute atomic E-state index is 0.188. The molecule has 0 saturated heterocycles. The van der Waals surface area contributed by atoms with Gasteiger partial charge in [0.05, 0.1) is 22.8 Å². The summed E-state index contributed by atoms with van der Waals surface area (Å²) in [5.74, 6) is -0.0123. The summed E-state index contributed by atoms with van der Waals surface area (Å²) in [6.45, 7) is 5.40. The van der Waals surface area contributed by atoms with Gasteiger partial charge in [-0.25, -0.2) is 18.7 Å². The number of halogens is 2. The number of anilines is 1. The first kappa shape index (κ1) is 18.1. The smallest absolute Gasteiger partial charge is 0.239 e. The molecule has 1 aliphatic carbocycles. The molecule has 0 saturated carbocycles. The highest BCUT2D eigenvalue weighted by Gasteiger charge is 2.19. The maximum Gasteiger partial charge on any atom is 0.239 e. The predicted molar refractivity (Wildman–Crippen MR) is 98.8 cm³/mol. The van der Waals surface area contributed by atoms with Crippen molar-refractivity contribution < 1.29 is 8.78 Å². The summed E-state index contributed by atoms with van der Waals surface area (Å²) in [5, 5.41) is 0. The van der Waals surface area contributed by atoms with E-state index in [1.165, 1.54) is 0 Å². The molecule has 0 spiro atoms. The van der Waals surface area contributed by atoms with Crippen molar-refractivity contribution in [3.05, 3.63) is 47.1 Å². The number of nitrogens with two attached hydrogens (primary N) is 1. The van der Waals surface area contributed by atoms with Crippen LogP contribution in [0.25, 0.3) is 5.57 Å². The average molecular weight is 357 g/mol. The molecule has 5 nitrogen and oxygen atoms in total. The molecule has 7 heteroatoms. The van der Waals surface area contributed by atoms with Gasteiger partial charge in [0.15, 0.2) is 0 Å². The highest BCUT2D eigenvalue weighted by atomic mass is 19.3. The van der Waals surface area contributed by atoms with Crippen molar-refractivity contribution >= 4 is 22.9 Å². The van der Waals surface area contributed by atoms with Crippen LogP contribution in [0.1, 0.15) is 42.9 Å². The molecule has 0 radical (unpaired) electrons. The molecule has 136 valence electrons. The van der Waals surface area contributed by atoms with Crippen LogP contribution in [-0.4, -0.2) is 27.1 Å². The third-order valence-electron chi connectivity index (χ3n) is 4.55. The topological polar surface area (TPSA) is 77.0 Å². The lowest BCUT2D eigenvalue weighted by Gasteiger charge is -2.12. The summed E-state index contributed by atoms with van der Waals surface area (Å²) >= 11 is 0. The number of nitrogen functional groups attached to an aromatic ring is 1. The van der Waals surface area contributed by atoms with Crippen molar-refractivity contribution in [1.82, 2.24) is 15.0 Å².